The Balaban J connectivity index is -0.000000345. The first-order chi connectivity index (χ1) is 14.2. The first-order valence-electron chi connectivity index (χ1n) is 11.6. The standard InChI is InChI=1S/C20H32O2.2C3H9N.ClH/c1-2-3-4-5-6-7-8-9-10-11-12-13-14-15-16-17-18-19-20(21)22;2*1-4(2)3;/h6-7,9-10,12-13,15-16H,2-5,8,11,14,17-19H2,1H3,(H,21,22);2*1-3H3;1H/b7-6-,10-9-,13-12-,16-15-;;;. The molecule has 5 heteroatoms. The summed E-state index contributed by atoms with van der Waals surface area (Å²) in [4.78, 5) is 13.0. The molecule has 0 heterocycles. The van der Waals surface area contributed by atoms with E-state index >= 15 is 0 Å². The van der Waals surface area contributed by atoms with Gasteiger partial charge in [0.2, 0.25) is 0 Å². The lowest BCUT2D eigenvalue weighted by Gasteiger charge is -1.97. The molecule has 0 aromatic carbocycles. The van der Waals surface area contributed by atoms with Crippen LogP contribution in [0.1, 0.15) is 71.1 Å². The monoisotopic (exact) mass is 458 g/mol. The Morgan fingerprint density at radius 2 is 0.968 bits per heavy atom. The predicted molar refractivity (Wildman–Crippen MR) is 131 cm³/mol. The SMILES string of the molecule is CCCCC/C=C\C/C=C\C/C=C\C/C=C\CCCC(=O)[O-].C[NH+](C)C.C[NH+](C)C.[Cl-]. The quantitative estimate of drug-likeness (QED) is 0.270. The molecule has 0 aliphatic rings. The van der Waals surface area contributed by atoms with Crippen molar-refractivity contribution >= 4 is 5.97 Å². The van der Waals surface area contributed by atoms with Gasteiger partial charge < -0.3 is 32.1 Å². The summed E-state index contributed by atoms with van der Waals surface area (Å²) in [6.45, 7) is 2.23. The van der Waals surface area contributed by atoms with Crippen LogP contribution in [0.2, 0.25) is 0 Å². The number of allylic oxidation sites excluding steroid dienone is 8. The lowest BCUT2D eigenvalue weighted by Crippen LogP contribution is -3.02. The number of unbranched alkanes of at least 4 members (excludes halogenated alkanes) is 4. The zero-order valence-electron chi connectivity index (χ0n) is 21.4. The molecule has 0 fully saturated rings. The Kier molecular flexibility index (Phi) is 39.7. The van der Waals surface area contributed by atoms with Gasteiger partial charge in [0.25, 0.3) is 0 Å². The lowest BCUT2D eigenvalue weighted by molar-refractivity contribution is -0.836. The maximum absolute atomic E-state index is 10.2. The summed E-state index contributed by atoms with van der Waals surface area (Å²) in [5, 5.41) is 10.2. The van der Waals surface area contributed by atoms with Crippen LogP contribution in [0.3, 0.4) is 0 Å². The first-order valence-corrected chi connectivity index (χ1v) is 11.6. The van der Waals surface area contributed by atoms with E-state index in [9.17, 15) is 9.90 Å². The molecule has 0 aliphatic heterocycles. The van der Waals surface area contributed by atoms with E-state index in [1.54, 1.807) is 0 Å². The highest BCUT2D eigenvalue weighted by molar-refractivity contribution is 5.64. The van der Waals surface area contributed by atoms with Crippen LogP contribution >= 0.6 is 0 Å². The molecule has 0 amide bonds. The molecule has 2 N–H and O–H groups in total. The zero-order valence-corrected chi connectivity index (χ0v) is 22.1. The smallest absolute Gasteiger partial charge is 0.0661 e. The van der Waals surface area contributed by atoms with Crippen LogP contribution in [0.4, 0.5) is 0 Å². The highest BCUT2D eigenvalue weighted by atomic mass is 35.5. The van der Waals surface area contributed by atoms with E-state index in [4.69, 9.17) is 0 Å². The van der Waals surface area contributed by atoms with E-state index in [0.29, 0.717) is 6.42 Å². The van der Waals surface area contributed by atoms with E-state index in [1.165, 1.54) is 35.5 Å². The number of carbonyl (C=O) groups is 1. The van der Waals surface area contributed by atoms with Gasteiger partial charge >= 0.3 is 0 Å². The Hall–Kier alpha value is -1.36. The molecule has 0 aromatic rings. The van der Waals surface area contributed by atoms with Crippen molar-refractivity contribution in [3.8, 4) is 0 Å². The molecule has 4 nitrogen and oxygen atoms in total. The van der Waals surface area contributed by atoms with Gasteiger partial charge in [-0.05, 0) is 51.4 Å². The van der Waals surface area contributed by atoms with Crippen LogP contribution in [0.25, 0.3) is 0 Å². The van der Waals surface area contributed by atoms with Gasteiger partial charge in [0.1, 0.15) is 0 Å². The number of carbonyl (C=O) groups excluding carboxylic acids is 1. The molecule has 0 rings (SSSR count). The van der Waals surface area contributed by atoms with Gasteiger partial charge in [0.15, 0.2) is 0 Å². The number of quaternary nitrogens is 2. The van der Waals surface area contributed by atoms with Crippen LogP contribution in [0.5, 0.6) is 0 Å². The maximum atomic E-state index is 10.2. The van der Waals surface area contributed by atoms with Gasteiger partial charge in [0.05, 0.1) is 42.3 Å². The van der Waals surface area contributed by atoms with Crippen LogP contribution < -0.4 is 27.3 Å². The Morgan fingerprint density at radius 3 is 1.29 bits per heavy atom. The fourth-order valence-electron chi connectivity index (χ4n) is 1.93. The summed E-state index contributed by atoms with van der Waals surface area (Å²) in [7, 11) is 12.5. The van der Waals surface area contributed by atoms with Crippen molar-refractivity contribution in [2.45, 2.75) is 71.1 Å². The number of carboxylic acid groups (broad SMARTS) is 1. The van der Waals surface area contributed by atoms with Gasteiger partial charge in [-0.15, -0.1) is 0 Å². The highest BCUT2D eigenvalue weighted by Gasteiger charge is 1.84. The second kappa shape index (κ2) is 33.3. The third-order valence-electron chi connectivity index (χ3n) is 3.21. The largest absolute Gasteiger partial charge is 1.00 e. The number of aliphatic carboxylic acids is 1. The lowest BCUT2D eigenvalue weighted by atomic mass is 10.2. The minimum absolute atomic E-state index is 0. The van der Waals surface area contributed by atoms with Gasteiger partial charge in [-0.25, -0.2) is 0 Å². The van der Waals surface area contributed by atoms with Crippen LogP contribution in [0, 0.1) is 0 Å². The molecule has 0 atom stereocenters. The zero-order chi connectivity index (χ0) is 23.5. The summed E-state index contributed by atoms with van der Waals surface area (Å²) < 4.78 is 0. The van der Waals surface area contributed by atoms with Crippen molar-refractivity contribution in [3.63, 3.8) is 0 Å². The van der Waals surface area contributed by atoms with Crippen molar-refractivity contribution in [1.82, 2.24) is 0 Å². The molecule has 0 saturated heterocycles. The molecule has 0 aromatic heterocycles. The summed E-state index contributed by atoms with van der Waals surface area (Å²) in [5.74, 6) is -0.962. The summed E-state index contributed by atoms with van der Waals surface area (Å²) in [6, 6.07) is 0. The number of hydrogen-bond donors (Lipinski definition) is 2. The molecule has 31 heavy (non-hydrogen) atoms. The van der Waals surface area contributed by atoms with E-state index in [1.807, 2.05) is 6.08 Å². The minimum Gasteiger partial charge on any atom is -1.00 e. The Labute approximate surface area is 200 Å². The molecule has 0 radical (unpaired) electrons. The second-order valence-corrected chi connectivity index (χ2v) is 8.35. The molecule has 0 bridgehead atoms. The van der Waals surface area contributed by atoms with Crippen molar-refractivity contribution in [2.24, 2.45) is 0 Å². The van der Waals surface area contributed by atoms with E-state index < -0.39 is 5.97 Å². The molecule has 0 unspecified atom stereocenters. The molecule has 0 aliphatic carbocycles. The van der Waals surface area contributed by atoms with Crippen molar-refractivity contribution in [1.29, 1.82) is 0 Å². The van der Waals surface area contributed by atoms with Gasteiger partial charge in [0, 0.05) is 5.97 Å². The van der Waals surface area contributed by atoms with Crippen molar-refractivity contribution in [2.75, 3.05) is 42.3 Å². The third kappa shape index (κ3) is 65.3. The number of hydrogen-bond acceptors (Lipinski definition) is 2. The van der Waals surface area contributed by atoms with Crippen molar-refractivity contribution < 1.29 is 32.1 Å². The van der Waals surface area contributed by atoms with Crippen LogP contribution in [-0.4, -0.2) is 48.3 Å². The predicted octanol–water partition coefficient (Wildman–Crippen LogP) is -0.593. The molecule has 184 valence electrons. The average molecular weight is 459 g/mol. The fourth-order valence-corrected chi connectivity index (χ4v) is 1.93. The van der Waals surface area contributed by atoms with Gasteiger partial charge in [-0.3, -0.25) is 0 Å². The molecule has 0 saturated carbocycles. The molecule has 0 spiro atoms. The third-order valence-corrected chi connectivity index (χ3v) is 3.21. The number of nitrogens with one attached hydrogen (secondary N) is 2. The summed E-state index contributed by atoms with van der Waals surface area (Å²) >= 11 is 0. The Morgan fingerprint density at radius 1 is 0.645 bits per heavy atom. The average Bonchev–Trinajstić information content (AvgIpc) is 2.63. The van der Waals surface area contributed by atoms with Gasteiger partial charge in [-0.1, -0.05) is 68.4 Å². The highest BCUT2D eigenvalue weighted by Crippen LogP contribution is 2.01. The second-order valence-electron chi connectivity index (χ2n) is 8.35. The van der Waals surface area contributed by atoms with Gasteiger partial charge in [-0.2, -0.15) is 0 Å². The number of carboxylic acids is 1. The van der Waals surface area contributed by atoms with Crippen LogP contribution in [0.15, 0.2) is 48.6 Å². The summed E-state index contributed by atoms with van der Waals surface area (Å²) in [5.41, 5.74) is 0. The Bertz CT molecular complexity index is 445. The fraction of sp³-hybridized carbons (Fsp3) is 0.654. The summed E-state index contributed by atoms with van der Waals surface area (Å²) in [6.07, 6.45) is 27.0. The number of halogens is 1. The van der Waals surface area contributed by atoms with E-state index in [0.717, 1.165) is 25.7 Å². The first kappa shape index (κ1) is 37.0. The minimum atomic E-state index is -0.962. The number of rotatable bonds is 14. The van der Waals surface area contributed by atoms with Crippen molar-refractivity contribution in [3.05, 3.63) is 48.6 Å². The van der Waals surface area contributed by atoms with E-state index in [2.05, 4.69) is 91.7 Å². The van der Waals surface area contributed by atoms with Crippen LogP contribution in [-0.2, 0) is 4.79 Å². The topological polar surface area (TPSA) is 49.0 Å². The molecular weight excluding hydrogens is 408 g/mol. The normalized spacial score (nSPS) is 11.1. The van der Waals surface area contributed by atoms with E-state index in [-0.39, 0.29) is 18.8 Å². The molecular formula is C26H51ClN2O2. The maximum Gasteiger partial charge on any atom is 0.0661 e.